The Bertz CT molecular complexity index is 1140. The predicted octanol–water partition coefficient (Wildman–Crippen LogP) is 1.94. The highest BCUT2D eigenvalue weighted by Gasteiger charge is 2.13. The smallest absolute Gasteiger partial charge is 0.325 e. The van der Waals surface area contributed by atoms with E-state index in [9.17, 15) is 24.5 Å². The maximum atomic E-state index is 12.5. The van der Waals surface area contributed by atoms with E-state index in [0.717, 1.165) is 0 Å². The van der Waals surface area contributed by atoms with E-state index in [1.54, 1.807) is 18.3 Å². The summed E-state index contributed by atoms with van der Waals surface area (Å²) in [6.07, 6.45) is 1.55. The molecule has 3 rings (SSSR count). The Hall–Kier alpha value is -4.54. The predicted molar refractivity (Wildman–Crippen MR) is 109 cm³/mol. The van der Waals surface area contributed by atoms with Gasteiger partial charge in [-0.2, -0.15) is 5.10 Å². The van der Waals surface area contributed by atoms with Gasteiger partial charge in [0.2, 0.25) is 0 Å². The minimum Gasteiger partial charge on any atom is -0.468 e. The number of nitro benzene ring substituents is 1. The van der Waals surface area contributed by atoms with Crippen molar-refractivity contribution in [3.8, 4) is 5.69 Å². The topological polar surface area (TPSA) is 145 Å². The third-order valence-electron chi connectivity index (χ3n) is 4.15. The van der Waals surface area contributed by atoms with Gasteiger partial charge in [0.05, 0.1) is 17.7 Å². The van der Waals surface area contributed by atoms with Crippen molar-refractivity contribution in [1.29, 1.82) is 0 Å². The van der Waals surface area contributed by atoms with Crippen LogP contribution in [0, 0.1) is 10.1 Å². The maximum Gasteiger partial charge on any atom is 0.325 e. The first-order chi connectivity index (χ1) is 14.9. The number of esters is 1. The molecule has 31 heavy (non-hydrogen) atoms. The van der Waals surface area contributed by atoms with E-state index >= 15 is 0 Å². The fourth-order valence-corrected chi connectivity index (χ4v) is 2.58. The highest BCUT2D eigenvalue weighted by molar-refractivity contribution is 6.04. The summed E-state index contributed by atoms with van der Waals surface area (Å²) in [5, 5.41) is 20.0. The molecule has 0 aliphatic heterocycles. The monoisotopic (exact) mass is 423 g/mol. The average Bonchev–Trinajstić information content (AvgIpc) is 3.28. The van der Waals surface area contributed by atoms with E-state index in [1.165, 1.54) is 54.3 Å². The number of benzene rings is 2. The van der Waals surface area contributed by atoms with Crippen molar-refractivity contribution < 1.29 is 24.0 Å². The number of methoxy groups -OCH3 is 1. The van der Waals surface area contributed by atoms with Gasteiger partial charge in [0.25, 0.3) is 17.5 Å². The van der Waals surface area contributed by atoms with Crippen molar-refractivity contribution in [1.82, 2.24) is 15.1 Å². The Balaban J connectivity index is 1.67. The van der Waals surface area contributed by atoms with Gasteiger partial charge in [-0.25, -0.2) is 4.68 Å². The molecular formula is C20H17N5O6. The summed E-state index contributed by atoms with van der Waals surface area (Å²) in [5.74, 6) is -1.59. The summed E-state index contributed by atoms with van der Waals surface area (Å²) < 4.78 is 5.87. The lowest BCUT2D eigenvalue weighted by atomic mass is 10.2. The number of carbonyl (C=O) groups is 3. The number of nitro groups is 1. The van der Waals surface area contributed by atoms with Gasteiger partial charge in [0.15, 0.2) is 5.69 Å². The van der Waals surface area contributed by atoms with Crippen molar-refractivity contribution in [2.75, 3.05) is 19.0 Å². The van der Waals surface area contributed by atoms with Crippen LogP contribution >= 0.6 is 0 Å². The van der Waals surface area contributed by atoms with E-state index in [2.05, 4.69) is 20.5 Å². The van der Waals surface area contributed by atoms with Crippen LogP contribution in [-0.4, -0.2) is 46.1 Å². The van der Waals surface area contributed by atoms with Gasteiger partial charge in [-0.1, -0.05) is 6.07 Å². The molecule has 0 spiro atoms. The SMILES string of the molecule is COC(=O)CNC(=O)c1cccc(NC(=O)c2ccn(-c3ccc([N+](=O)[O-])cc3)n2)c1. The molecule has 11 nitrogen and oxygen atoms in total. The highest BCUT2D eigenvalue weighted by Crippen LogP contribution is 2.16. The van der Waals surface area contributed by atoms with Crippen LogP contribution < -0.4 is 10.6 Å². The zero-order chi connectivity index (χ0) is 22.4. The number of hydrogen-bond donors (Lipinski definition) is 2. The van der Waals surface area contributed by atoms with Crippen LogP contribution in [0.4, 0.5) is 11.4 Å². The van der Waals surface area contributed by atoms with E-state index in [1.807, 2.05) is 0 Å². The number of ether oxygens (including phenoxy) is 1. The van der Waals surface area contributed by atoms with Crippen LogP contribution in [0.1, 0.15) is 20.8 Å². The molecule has 0 fully saturated rings. The number of rotatable bonds is 7. The van der Waals surface area contributed by atoms with Crippen molar-refractivity contribution in [2.24, 2.45) is 0 Å². The molecule has 0 saturated carbocycles. The van der Waals surface area contributed by atoms with Crippen molar-refractivity contribution in [3.63, 3.8) is 0 Å². The maximum absolute atomic E-state index is 12.5. The molecule has 2 amide bonds. The number of anilines is 1. The molecule has 11 heteroatoms. The second kappa shape index (κ2) is 9.31. The molecule has 0 radical (unpaired) electrons. The molecule has 2 N–H and O–H groups in total. The number of aromatic nitrogens is 2. The summed E-state index contributed by atoms with van der Waals surface area (Å²) in [7, 11) is 1.22. The fourth-order valence-electron chi connectivity index (χ4n) is 2.58. The van der Waals surface area contributed by atoms with Crippen LogP contribution in [0.25, 0.3) is 5.69 Å². The van der Waals surface area contributed by atoms with E-state index < -0.39 is 22.7 Å². The van der Waals surface area contributed by atoms with Crippen molar-refractivity contribution >= 4 is 29.2 Å². The third-order valence-corrected chi connectivity index (χ3v) is 4.15. The summed E-state index contributed by atoms with van der Waals surface area (Å²) >= 11 is 0. The van der Waals surface area contributed by atoms with Crippen LogP contribution in [0.15, 0.2) is 60.8 Å². The second-order valence-corrected chi connectivity index (χ2v) is 6.21. The largest absolute Gasteiger partial charge is 0.468 e. The molecule has 158 valence electrons. The second-order valence-electron chi connectivity index (χ2n) is 6.21. The Kier molecular flexibility index (Phi) is 6.36. The molecule has 0 bridgehead atoms. The van der Waals surface area contributed by atoms with E-state index in [0.29, 0.717) is 11.4 Å². The quantitative estimate of drug-likeness (QED) is 0.335. The van der Waals surface area contributed by atoms with E-state index in [-0.39, 0.29) is 23.5 Å². The molecule has 1 heterocycles. The fraction of sp³-hybridized carbons (Fsp3) is 0.100. The number of amides is 2. The molecule has 0 saturated heterocycles. The molecule has 0 atom stereocenters. The molecule has 0 unspecified atom stereocenters. The summed E-state index contributed by atoms with van der Waals surface area (Å²) in [6.45, 7) is -0.272. The average molecular weight is 423 g/mol. The summed E-state index contributed by atoms with van der Waals surface area (Å²) in [5.41, 5.74) is 1.22. The standard InChI is InChI=1S/C20H17N5O6/c1-31-18(26)12-21-19(27)13-3-2-4-14(11-13)22-20(28)17-9-10-24(23-17)15-5-7-16(8-6-15)25(29)30/h2-11H,12H2,1H3,(H,21,27)(H,22,28). The number of nitrogens with one attached hydrogen (secondary N) is 2. The van der Waals surface area contributed by atoms with Crippen molar-refractivity contribution in [2.45, 2.75) is 0 Å². The lowest BCUT2D eigenvalue weighted by Gasteiger charge is -2.07. The first kappa shape index (κ1) is 21.2. The molecule has 3 aromatic rings. The first-order valence-corrected chi connectivity index (χ1v) is 8.94. The Labute approximate surface area is 175 Å². The summed E-state index contributed by atoms with van der Waals surface area (Å²) in [6, 6.07) is 13.4. The van der Waals surface area contributed by atoms with Gasteiger partial charge in [0, 0.05) is 29.6 Å². The zero-order valence-electron chi connectivity index (χ0n) is 16.3. The third kappa shape index (κ3) is 5.29. The highest BCUT2D eigenvalue weighted by atomic mass is 16.6. The minimum absolute atomic E-state index is 0.0515. The minimum atomic E-state index is -0.582. The summed E-state index contributed by atoms with van der Waals surface area (Å²) in [4.78, 5) is 46.0. The van der Waals surface area contributed by atoms with Gasteiger partial charge >= 0.3 is 5.97 Å². The normalized spacial score (nSPS) is 10.2. The van der Waals surface area contributed by atoms with Crippen LogP contribution in [-0.2, 0) is 9.53 Å². The number of hydrogen-bond acceptors (Lipinski definition) is 7. The van der Waals surface area contributed by atoms with Gasteiger partial charge in [-0.05, 0) is 36.4 Å². The number of nitrogens with zero attached hydrogens (tertiary/aromatic N) is 3. The van der Waals surface area contributed by atoms with Gasteiger partial charge in [-0.15, -0.1) is 0 Å². The molecule has 2 aromatic carbocycles. The number of non-ortho nitro benzene ring substituents is 1. The molecule has 1 aromatic heterocycles. The lowest BCUT2D eigenvalue weighted by Crippen LogP contribution is -2.30. The first-order valence-electron chi connectivity index (χ1n) is 8.94. The van der Waals surface area contributed by atoms with Crippen LogP contribution in [0.2, 0.25) is 0 Å². The Morgan fingerprint density at radius 1 is 1.10 bits per heavy atom. The van der Waals surface area contributed by atoms with E-state index in [4.69, 9.17) is 0 Å². The zero-order valence-corrected chi connectivity index (χ0v) is 16.3. The van der Waals surface area contributed by atoms with Crippen molar-refractivity contribution in [3.05, 3.63) is 82.2 Å². The lowest BCUT2D eigenvalue weighted by molar-refractivity contribution is -0.384. The molecule has 0 aliphatic carbocycles. The number of carbonyl (C=O) groups excluding carboxylic acids is 3. The molecular weight excluding hydrogens is 406 g/mol. The molecule has 0 aliphatic rings. The Morgan fingerprint density at radius 3 is 2.52 bits per heavy atom. The van der Waals surface area contributed by atoms with Gasteiger partial charge < -0.3 is 15.4 Å². The Morgan fingerprint density at radius 2 is 1.84 bits per heavy atom. The van der Waals surface area contributed by atoms with Crippen LogP contribution in [0.5, 0.6) is 0 Å². The van der Waals surface area contributed by atoms with Gasteiger partial charge in [0.1, 0.15) is 6.54 Å². The van der Waals surface area contributed by atoms with Crippen LogP contribution in [0.3, 0.4) is 0 Å². The van der Waals surface area contributed by atoms with Gasteiger partial charge in [-0.3, -0.25) is 24.5 Å².